The molecule has 116 valence electrons. The average Bonchev–Trinajstić information content (AvgIpc) is 2.94. The van der Waals surface area contributed by atoms with Crippen LogP contribution in [0.1, 0.15) is 17.1 Å². The molecule has 2 heterocycles. The van der Waals surface area contributed by atoms with E-state index in [0.29, 0.717) is 0 Å². The molecule has 0 radical (unpaired) electrons. The summed E-state index contributed by atoms with van der Waals surface area (Å²) in [7, 11) is 0. The van der Waals surface area contributed by atoms with E-state index in [4.69, 9.17) is 16.0 Å². The number of piperazine rings is 1. The summed E-state index contributed by atoms with van der Waals surface area (Å²) in [4.78, 5) is 1.59. The van der Waals surface area contributed by atoms with E-state index < -0.39 is 0 Å². The second kappa shape index (κ2) is 6.99. The van der Waals surface area contributed by atoms with Gasteiger partial charge in [-0.05, 0) is 31.2 Å². The third-order valence-electron chi connectivity index (χ3n) is 3.92. The van der Waals surface area contributed by atoms with Crippen LogP contribution in [0.15, 0.2) is 45.9 Å². The molecule has 5 heteroatoms. The lowest BCUT2D eigenvalue weighted by molar-refractivity contribution is -0.918. The minimum atomic E-state index is 0.797. The van der Waals surface area contributed by atoms with Crippen molar-refractivity contribution in [2.75, 3.05) is 26.2 Å². The second-order valence-electron chi connectivity index (χ2n) is 5.70. The molecule has 1 aliphatic heterocycles. The molecular formula is C17H21ClN3O+. The van der Waals surface area contributed by atoms with Crippen molar-refractivity contribution in [1.29, 1.82) is 0 Å². The van der Waals surface area contributed by atoms with Gasteiger partial charge in [0.05, 0.1) is 32.4 Å². The van der Waals surface area contributed by atoms with Crippen molar-refractivity contribution in [2.45, 2.75) is 13.5 Å². The quantitative estimate of drug-likeness (QED) is 0.875. The molecule has 0 amide bonds. The average molecular weight is 319 g/mol. The molecule has 1 saturated heterocycles. The maximum atomic E-state index is 5.92. The van der Waals surface area contributed by atoms with E-state index in [0.717, 1.165) is 49.3 Å². The number of nitrogens with zero attached hydrogens (tertiary/aromatic N) is 2. The van der Waals surface area contributed by atoms with Gasteiger partial charge in [-0.1, -0.05) is 23.7 Å². The Morgan fingerprint density at radius 3 is 2.55 bits per heavy atom. The number of benzene rings is 1. The summed E-state index contributed by atoms with van der Waals surface area (Å²) < 4.78 is 5.49. The molecule has 1 N–H and O–H groups in total. The zero-order chi connectivity index (χ0) is 15.4. The van der Waals surface area contributed by atoms with Gasteiger partial charge in [0.1, 0.15) is 18.1 Å². The molecule has 0 spiro atoms. The Balaban J connectivity index is 1.48. The van der Waals surface area contributed by atoms with E-state index in [1.165, 1.54) is 5.56 Å². The van der Waals surface area contributed by atoms with Gasteiger partial charge in [-0.3, -0.25) is 5.01 Å². The second-order valence-corrected chi connectivity index (χ2v) is 6.14. The third kappa shape index (κ3) is 4.12. The summed E-state index contributed by atoms with van der Waals surface area (Å²) in [5.41, 5.74) is 1.34. The number of furan rings is 1. The molecule has 1 aliphatic rings. The first-order valence-electron chi connectivity index (χ1n) is 7.62. The topological polar surface area (TPSA) is 33.2 Å². The van der Waals surface area contributed by atoms with Crippen LogP contribution < -0.4 is 4.90 Å². The van der Waals surface area contributed by atoms with Gasteiger partial charge < -0.3 is 9.32 Å². The molecular weight excluding hydrogens is 298 g/mol. The predicted molar refractivity (Wildman–Crippen MR) is 88.5 cm³/mol. The van der Waals surface area contributed by atoms with Crippen molar-refractivity contribution in [3.8, 4) is 0 Å². The van der Waals surface area contributed by atoms with Crippen molar-refractivity contribution >= 4 is 17.8 Å². The highest BCUT2D eigenvalue weighted by molar-refractivity contribution is 6.30. The lowest BCUT2D eigenvalue weighted by Gasteiger charge is -2.30. The summed E-state index contributed by atoms with van der Waals surface area (Å²) in [5, 5.41) is 7.42. The zero-order valence-corrected chi connectivity index (χ0v) is 13.5. The molecule has 1 aromatic heterocycles. The minimum Gasteiger partial charge on any atom is -0.460 e. The maximum absolute atomic E-state index is 5.92. The number of halogens is 1. The van der Waals surface area contributed by atoms with Crippen molar-refractivity contribution < 1.29 is 9.32 Å². The molecule has 22 heavy (non-hydrogen) atoms. The third-order valence-corrected chi connectivity index (χ3v) is 4.18. The molecule has 4 nitrogen and oxygen atoms in total. The fraction of sp³-hybridized carbons (Fsp3) is 0.353. The van der Waals surface area contributed by atoms with Gasteiger partial charge in [0.25, 0.3) is 0 Å². The van der Waals surface area contributed by atoms with Crippen molar-refractivity contribution in [3.63, 3.8) is 0 Å². The first-order chi connectivity index (χ1) is 10.7. The van der Waals surface area contributed by atoms with Gasteiger partial charge >= 0.3 is 0 Å². The molecule has 0 aliphatic carbocycles. The fourth-order valence-electron chi connectivity index (χ4n) is 2.66. The number of aryl methyl sites for hydroxylation is 1. The number of nitrogens with one attached hydrogen (secondary N) is 1. The van der Waals surface area contributed by atoms with Gasteiger partial charge in [-0.25, -0.2) is 0 Å². The maximum Gasteiger partial charge on any atom is 0.147 e. The normalized spacial score (nSPS) is 16.5. The summed E-state index contributed by atoms with van der Waals surface area (Å²) in [6.07, 6.45) is 1.80. The van der Waals surface area contributed by atoms with Crippen LogP contribution in [0.4, 0.5) is 0 Å². The highest BCUT2D eigenvalue weighted by Gasteiger charge is 2.18. The first kappa shape index (κ1) is 15.1. The highest BCUT2D eigenvalue weighted by Crippen LogP contribution is 2.08. The first-order valence-corrected chi connectivity index (χ1v) is 8.00. The van der Waals surface area contributed by atoms with Crippen LogP contribution in [0.25, 0.3) is 0 Å². The van der Waals surface area contributed by atoms with Crippen LogP contribution in [0.3, 0.4) is 0 Å². The number of hydrazone groups is 1. The molecule has 0 unspecified atom stereocenters. The van der Waals surface area contributed by atoms with Gasteiger partial charge in [-0.2, -0.15) is 5.10 Å². The Morgan fingerprint density at radius 1 is 1.18 bits per heavy atom. The van der Waals surface area contributed by atoms with E-state index in [2.05, 4.69) is 22.2 Å². The van der Waals surface area contributed by atoms with Gasteiger partial charge in [0.15, 0.2) is 0 Å². The Morgan fingerprint density at radius 2 is 1.91 bits per heavy atom. The lowest BCUT2D eigenvalue weighted by Crippen LogP contribution is -3.13. The Labute approximate surface area is 136 Å². The largest absolute Gasteiger partial charge is 0.460 e. The van der Waals surface area contributed by atoms with Crippen LogP contribution in [0, 0.1) is 6.92 Å². The predicted octanol–water partition coefficient (Wildman–Crippen LogP) is 1.98. The highest BCUT2D eigenvalue weighted by atomic mass is 35.5. The Hall–Kier alpha value is -1.78. The molecule has 0 atom stereocenters. The monoisotopic (exact) mass is 318 g/mol. The van der Waals surface area contributed by atoms with Crippen molar-refractivity contribution in [3.05, 3.63) is 58.5 Å². The van der Waals surface area contributed by atoms with Crippen molar-refractivity contribution in [2.24, 2.45) is 5.10 Å². The SMILES string of the molecule is Cc1ccc(C=NN2CC[NH+](Cc3ccc(Cl)cc3)CC2)o1. The van der Waals surface area contributed by atoms with Crippen LogP contribution in [-0.2, 0) is 6.54 Å². The molecule has 0 bridgehead atoms. The van der Waals surface area contributed by atoms with Gasteiger partial charge in [0, 0.05) is 10.6 Å². The van der Waals surface area contributed by atoms with Crippen molar-refractivity contribution in [1.82, 2.24) is 5.01 Å². The van der Waals surface area contributed by atoms with E-state index in [9.17, 15) is 0 Å². The van der Waals surface area contributed by atoms with Crippen LogP contribution in [-0.4, -0.2) is 37.4 Å². The van der Waals surface area contributed by atoms with Gasteiger partial charge in [-0.15, -0.1) is 0 Å². The molecule has 3 rings (SSSR count). The molecule has 1 aromatic carbocycles. The minimum absolute atomic E-state index is 0.797. The number of rotatable bonds is 4. The number of hydrogen-bond acceptors (Lipinski definition) is 3. The number of hydrogen-bond donors (Lipinski definition) is 1. The van der Waals surface area contributed by atoms with E-state index in [1.807, 2.05) is 31.2 Å². The van der Waals surface area contributed by atoms with E-state index >= 15 is 0 Å². The molecule has 1 fully saturated rings. The van der Waals surface area contributed by atoms with Gasteiger partial charge in [0.2, 0.25) is 0 Å². The fourth-order valence-corrected chi connectivity index (χ4v) is 2.78. The molecule has 0 saturated carbocycles. The Bertz CT molecular complexity index is 628. The van der Waals surface area contributed by atoms with Crippen LogP contribution in [0.2, 0.25) is 5.02 Å². The lowest BCUT2D eigenvalue weighted by atomic mass is 10.2. The summed E-state index contributed by atoms with van der Waals surface area (Å²) in [5.74, 6) is 1.73. The standard InChI is InChI=1S/C17H20ClN3O/c1-14-2-7-17(22-14)12-19-21-10-8-20(9-11-21)13-15-3-5-16(18)6-4-15/h2-7,12H,8-11,13H2,1H3/p+1. The van der Waals surface area contributed by atoms with Crippen LogP contribution >= 0.6 is 11.6 Å². The summed E-state index contributed by atoms with van der Waals surface area (Å²) in [6.45, 7) is 7.12. The zero-order valence-electron chi connectivity index (χ0n) is 12.8. The van der Waals surface area contributed by atoms with E-state index in [1.54, 1.807) is 11.1 Å². The van der Waals surface area contributed by atoms with E-state index in [-0.39, 0.29) is 0 Å². The molecule has 2 aromatic rings. The Kier molecular flexibility index (Phi) is 4.80. The summed E-state index contributed by atoms with van der Waals surface area (Å²) >= 11 is 5.92. The number of quaternary nitrogens is 1. The smallest absolute Gasteiger partial charge is 0.147 e. The summed E-state index contributed by atoms with van der Waals surface area (Å²) in [6, 6.07) is 12.0. The van der Waals surface area contributed by atoms with Crippen LogP contribution in [0.5, 0.6) is 0 Å².